The van der Waals surface area contributed by atoms with Crippen LogP contribution in [0.1, 0.15) is 17.7 Å². The van der Waals surface area contributed by atoms with E-state index in [-0.39, 0.29) is 15.8 Å². The van der Waals surface area contributed by atoms with E-state index >= 15 is 0 Å². The zero-order valence-corrected chi connectivity index (χ0v) is 9.44. The summed E-state index contributed by atoms with van der Waals surface area (Å²) in [5, 5.41) is 10.6. The summed E-state index contributed by atoms with van der Waals surface area (Å²) >= 11 is 1.60. The van der Waals surface area contributed by atoms with Crippen molar-refractivity contribution < 1.29 is 13.7 Å². The number of halogens is 3. The number of hydrogen-bond acceptors (Lipinski definition) is 4. The van der Waals surface area contributed by atoms with Gasteiger partial charge in [0.1, 0.15) is 9.13 Å². The van der Waals surface area contributed by atoms with Gasteiger partial charge < -0.3 is 5.73 Å². The minimum Gasteiger partial charge on any atom is -0.325 e. The van der Waals surface area contributed by atoms with E-state index in [1.165, 1.54) is 0 Å². The second-order valence-corrected chi connectivity index (χ2v) is 3.66. The highest BCUT2D eigenvalue weighted by atomic mass is 127. The van der Waals surface area contributed by atoms with Crippen LogP contribution >= 0.6 is 22.6 Å². The molecule has 0 spiro atoms. The molecule has 2 N–H and O–H groups in total. The number of hydrogen-bond donors (Lipinski definition) is 1. The zero-order valence-electron chi connectivity index (χ0n) is 7.28. The maximum atomic E-state index is 12.4. The van der Waals surface area contributed by atoms with Gasteiger partial charge in [-0.25, -0.2) is 8.78 Å². The van der Waals surface area contributed by atoms with Crippen molar-refractivity contribution in [1.82, 2.24) is 4.98 Å². The van der Waals surface area contributed by atoms with Crippen molar-refractivity contribution in [3.63, 3.8) is 0 Å². The minimum absolute atomic E-state index is 0.0252. The van der Waals surface area contributed by atoms with Gasteiger partial charge in [0, 0.05) is 12.7 Å². The summed E-state index contributed by atoms with van der Waals surface area (Å²) in [6, 6.07) is 0. The van der Waals surface area contributed by atoms with E-state index in [9.17, 15) is 18.9 Å². The van der Waals surface area contributed by atoms with Gasteiger partial charge in [-0.1, -0.05) is 0 Å². The Kier molecular flexibility index (Phi) is 3.85. The number of pyridine rings is 1. The Balaban J connectivity index is 3.44. The van der Waals surface area contributed by atoms with Crippen LogP contribution in [0.3, 0.4) is 0 Å². The lowest BCUT2D eigenvalue weighted by molar-refractivity contribution is -0.387. The smallest absolute Gasteiger partial charge is 0.295 e. The zero-order chi connectivity index (χ0) is 11.6. The van der Waals surface area contributed by atoms with Crippen LogP contribution in [0.4, 0.5) is 14.5 Å². The van der Waals surface area contributed by atoms with Crippen LogP contribution in [0.5, 0.6) is 0 Å². The molecular formula is C7H6F2IN3O2. The van der Waals surface area contributed by atoms with Crippen molar-refractivity contribution >= 4 is 28.3 Å². The van der Waals surface area contributed by atoms with Crippen molar-refractivity contribution in [1.29, 1.82) is 0 Å². The van der Waals surface area contributed by atoms with Crippen LogP contribution in [-0.4, -0.2) is 9.91 Å². The molecule has 0 aliphatic heterocycles. The summed E-state index contributed by atoms with van der Waals surface area (Å²) in [6.45, 7) is -0.0252. The summed E-state index contributed by atoms with van der Waals surface area (Å²) in [7, 11) is 0. The molecule has 0 unspecified atom stereocenters. The summed E-state index contributed by atoms with van der Waals surface area (Å²) in [4.78, 5) is 13.4. The quantitative estimate of drug-likeness (QED) is 0.522. The highest BCUT2D eigenvalue weighted by Gasteiger charge is 2.27. The predicted molar refractivity (Wildman–Crippen MR) is 56.5 cm³/mol. The van der Waals surface area contributed by atoms with Gasteiger partial charge >= 0.3 is 0 Å². The molecule has 0 amide bonds. The Bertz CT molecular complexity index is 400. The fraction of sp³-hybridized carbons (Fsp3) is 0.286. The summed E-state index contributed by atoms with van der Waals surface area (Å²) in [5.74, 6) is 0. The predicted octanol–water partition coefficient (Wildman–Crippen LogP) is 1.99. The van der Waals surface area contributed by atoms with Crippen molar-refractivity contribution in [3.8, 4) is 0 Å². The number of alkyl halides is 2. The molecule has 0 radical (unpaired) electrons. The Morgan fingerprint density at radius 3 is 2.67 bits per heavy atom. The maximum absolute atomic E-state index is 12.4. The minimum atomic E-state index is -2.92. The van der Waals surface area contributed by atoms with Gasteiger partial charge in [-0.3, -0.25) is 15.1 Å². The average molecular weight is 329 g/mol. The molecular weight excluding hydrogens is 323 g/mol. The van der Waals surface area contributed by atoms with Crippen LogP contribution in [0, 0.1) is 13.7 Å². The van der Waals surface area contributed by atoms with E-state index in [0.717, 1.165) is 6.20 Å². The first-order valence-corrected chi connectivity index (χ1v) is 4.86. The molecule has 0 aliphatic rings. The number of nitrogens with zero attached hydrogens (tertiary/aromatic N) is 2. The molecule has 0 saturated heterocycles. The van der Waals surface area contributed by atoms with Crippen molar-refractivity contribution in [2.75, 3.05) is 0 Å². The molecule has 82 valence electrons. The van der Waals surface area contributed by atoms with Gasteiger partial charge in [-0.05, 0) is 22.6 Å². The van der Waals surface area contributed by atoms with Gasteiger partial charge in [0.2, 0.25) is 0 Å². The molecule has 1 aromatic heterocycles. The third-order valence-corrected chi connectivity index (χ3v) is 2.84. The first-order valence-electron chi connectivity index (χ1n) is 3.79. The van der Waals surface area contributed by atoms with Gasteiger partial charge in [-0.15, -0.1) is 0 Å². The van der Waals surface area contributed by atoms with Crippen molar-refractivity contribution in [2.24, 2.45) is 5.73 Å². The number of rotatable bonds is 3. The van der Waals surface area contributed by atoms with E-state index in [2.05, 4.69) is 4.98 Å². The van der Waals surface area contributed by atoms with E-state index < -0.39 is 22.6 Å². The average Bonchev–Trinajstić information content (AvgIpc) is 2.16. The molecule has 15 heavy (non-hydrogen) atoms. The first kappa shape index (κ1) is 12.2. The third-order valence-electron chi connectivity index (χ3n) is 1.71. The Morgan fingerprint density at radius 2 is 2.27 bits per heavy atom. The summed E-state index contributed by atoms with van der Waals surface area (Å²) in [5.41, 5.74) is 4.22. The Morgan fingerprint density at radius 1 is 1.67 bits per heavy atom. The van der Waals surface area contributed by atoms with E-state index in [1.54, 1.807) is 22.6 Å². The first-order chi connectivity index (χ1) is 6.99. The molecule has 5 nitrogen and oxygen atoms in total. The van der Waals surface area contributed by atoms with Crippen LogP contribution < -0.4 is 5.73 Å². The molecule has 8 heteroatoms. The van der Waals surface area contributed by atoms with E-state index in [0.29, 0.717) is 0 Å². The second-order valence-electron chi connectivity index (χ2n) is 2.58. The number of aromatic nitrogens is 1. The second kappa shape index (κ2) is 4.75. The van der Waals surface area contributed by atoms with Crippen molar-refractivity contribution in [2.45, 2.75) is 13.0 Å². The Labute approximate surface area is 97.0 Å². The van der Waals surface area contributed by atoms with Gasteiger partial charge in [-0.2, -0.15) is 0 Å². The fourth-order valence-corrected chi connectivity index (χ4v) is 1.88. The van der Waals surface area contributed by atoms with Crippen LogP contribution in [0.15, 0.2) is 6.20 Å². The topological polar surface area (TPSA) is 82.0 Å². The molecule has 0 fully saturated rings. The van der Waals surface area contributed by atoms with Crippen LogP contribution in [-0.2, 0) is 6.54 Å². The van der Waals surface area contributed by atoms with E-state index in [1.807, 2.05) is 0 Å². The standard InChI is InChI=1S/C7H6F2IN3O2/c8-7(9)3-2-12-4(1-11)5(10)6(3)13(14)15/h2,7H,1,11H2. The molecule has 0 bridgehead atoms. The summed E-state index contributed by atoms with van der Waals surface area (Å²) in [6.07, 6.45) is -2.12. The molecule has 0 aliphatic carbocycles. The van der Waals surface area contributed by atoms with Gasteiger partial charge in [0.15, 0.2) is 0 Å². The molecule has 0 atom stereocenters. The normalized spacial score (nSPS) is 10.7. The lowest BCUT2D eigenvalue weighted by atomic mass is 10.2. The van der Waals surface area contributed by atoms with E-state index in [4.69, 9.17) is 5.73 Å². The number of nitrogens with two attached hydrogens (primary N) is 1. The number of nitro groups is 1. The fourth-order valence-electron chi connectivity index (χ4n) is 1.02. The van der Waals surface area contributed by atoms with Gasteiger partial charge in [0.05, 0.1) is 10.6 Å². The molecule has 1 aromatic rings. The van der Waals surface area contributed by atoms with Crippen molar-refractivity contribution in [3.05, 3.63) is 31.1 Å². The highest BCUT2D eigenvalue weighted by Crippen LogP contribution is 2.33. The monoisotopic (exact) mass is 329 g/mol. The molecule has 1 rings (SSSR count). The summed E-state index contributed by atoms with van der Waals surface area (Å²) < 4.78 is 24.9. The SMILES string of the molecule is NCc1ncc(C(F)F)c([N+](=O)[O-])c1I. The molecule has 1 heterocycles. The maximum Gasteiger partial charge on any atom is 0.295 e. The highest BCUT2D eigenvalue weighted by molar-refractivity contribution is 14.1. The van der Waals surface area contributed by atoms with Gasteiger partial charge in [0.25, 0.3) is 12.1 Å². The largest absolute Gasteiger partial charge is 0.325 e. The third kappa shape index (κ3) is 2.37. The van der Waals surface area contributed by atoms with Crippen LogP contribution in [0.2, 0.25) is 0 Å². The van der Waals surface area contributed by atoms with Crippen LogP contribution in [0.25, 0.3) is 0 Å². The Hall–Kier alpha value is -0.900. The molecule has 0 saturated carbocycles. The molecule has 0 aromatic carbocycles. The lowest BCUT2D eigenvalue weighted by Gasteiger charge is -2.06. The lowest BCUT2D eigenvalue weighted by Crippen LogP contribution is -2.08.